The molecule has 0 saturated carbocycles. The number of rotatable bonds is 5. The molecule has 1 aromatic carbocycles. The molecule has 0 radical (unpaired) electrons. The topological polar surface area (TPSA) is 67.6 Å². The first-order chi connectivity index (χ1) is 9.66. The maximum Gasteiger partial charge on any atom is 0.236 e. The Labute approximate surface area is 144 Å². The van der Waals surface area contributed by atoms with Crippen LogP contribution in [0.25, 0.3) is 0 Å². The highest BCUT2D eigenvalue weighted by atomic mass is 35.5. The average molecular weight is 350 g/mol. The molecule has 1 atom stereocenters. The zero-order valence-electron chi connectivity index (χ0n) is 12.8. The van der Waals surface area contributed by atoms with E-state index in [2.05, 4.69) is 22.3 Å². The number of ether oxygens (including phenoxy) is 1. The lowest BCUT2D eigenvalue weighted by Gasteiger charge is -2.27. The van der Waals surface area contributed by atoms with E-state index in [0.29, 0.717) is 6.54 Å². The van der Waals surface area contributed by atoms with Gasteiger partial charge < -0.3 is 15.8 Å². The fourth-order valence-electron chi connectivity index (χ4n) is 2.23. The van der Waals surface area contributed by atoms with Crippen LogP contribution >= 0.6 is 24.8 Å². The summed E-state index contributed by atoms with van der Waals surface area (Å²) in [5.41, 5.74) is 7.95. The molecule has 0 unspecified atom stereocenters. The maximum absolute atomic E-state index is 11.6. The van der Waals surface area contributed by atoms with Crippen LogP contribution in [0.15, 0.2) is 24.3 Å². The van der Waals surface area contributed by atoms with Crippen LogP contribution in [0.5, 0.6) is 0 Å². The first-order valence-corrected chi connectivity index (χ1v) is 7.07. The molecule has 0 spiro atoms. The smallest absolute Gasteiger partial charge is 0.236 e. The van der Waals surface area contributed by atoms with Crippen LogP contribution in [0.3, 0.4) is 0 Å². The molecule has 1 aliphatic heterocycles. The van der Waals surface area contributed by atoms with Gasteiger partial charge in [0.2, 0.25) is 5.91 Å². The Morgan fingerprint density at radius 1 is 1.27 bits per heavy atom. The summed E-state index contributed by atoms with van der Waals surface area (Å²) in [5, 5.41) is 2.87. The number of nitrogens with zero attached hydrogens (tertiary/aromatic N) is 1. The van der Waals surface area contributed by atoms with Crippen LogP contribution in [0.4, 0.5) is 0 Å². The number of morpholine rings is 1. The van der Waals surface area contributed by atoms with Crippen molar-refractivity contribution in [1.29, 1.82) is 0 Å². The van der Waals surface area contributed by atoms with E-state index in [9.17, 15) is 4.79 Å². The predicted octanol–water partition coefficient (Wildman–Crippen LogP) is 1.33. The summed E-state index contributed by atoms with van der Waals surface area (Å²) in [6.45, 7) is 6.62. The van der Waals surface area contributed by atoms with E-state index in [1.54, 1.807) is 6.92 Å². The first kappa shape index (κ1) is 21.1. The number of hydrogen-bond donors (Lipinski definition) is 2. The predicted molar refractivity (Wildman–Crippen MR) is 92.5 cm³/mol. The van der Waals surface area contributed by atoms with E-state index in [0.717, 1.165) is 38.4 Å². The lowest BCUT2D eigenvalue weighted by molar-refractivity contribution is -0.122. The van der Waals surface area contributed by atoms with Gasteiger partial charge in [-0.15, -0.1) is 24.8 Å². The third-order valence-electron chi connectivity index (χ3n) is 3.48. The number of nitrogens with two attached hydrogens (primary N) is 1. The Balaban J connectivity index is 0.00000220. The number of carbonyl (C=O) groups is 1. The summed E-state index contributed by atoms with van der Waals surface area (Å²) in [4.78, 5) is 13.9. The zero-order valence-corrected chi connectivity index (χ0v) is 14.4. The van der Waals surface area contributed by atoms with Gasteiger partial charge in [0.15, 0.2) is 0 Å². The Kier molecular flexibility index (Phi) is 10.4. The van der Waals surface area contributed by atoms with E-state index < -0.39 is 6.04 Å². The van der Waals surface area contributed by atoms with Crippen molar-refractivity contribution in [3.63, 3.8) is 0 Å². The van der Waals surface area contributed by atoms with Crippen molar-refractivity contribution in [2.45, 2.75) is 26.1 Å². The fraction of sp³-hybridized carbons (Fsp3) is 0.533. The molecule has 3 N–H and O–H groups in total. The molecule has 0 bridgehead atoms. The second-order valence-corrected chi connectivity index (χ2v) is 5.16. The second-order valence-electron chi connectivity index (χ2n) is 5.16. The maximum atomic E-state index is 11.6. The van der Waals surface area contributed by atoms with Gasteiger partial charge in [-0.1, -0.05) is 24.3 Å². The normalized spacial score (nSPS) is 16.1. The Morgan fingerprint density at radius 3 is 2.45 bits per heavy atom. The number of halogens is 2. The van der Waals surface area contributed by atoms with Gasteiger partial charge >= 0.3 is 0 Å². The highest BCUT2D eigenvalue weighted by Crippen LogP contribution is 2.13. The molecule has 5 nitrogen and oxygen atoms in total. The van der Waals surface area contributed by atoms with Crippen molar-refractivity contribution in [1.82, 2.24) is 10.2 Å². The summed E-state index contributed by atoms with van der Waals surface area (Å²) in [7, 11) is 0. The number of hydrogen-bond acceptors (Lipinski definition) is 4. The zero-order chi connectivity index (χ0) is 14.4. The molecule has 7 heteroatoms. The van der Waals surface area contributed by atoms with E-state index >= 15 is 0 Å². The molecule has 0 aliphatic carbocycles. The molecule has 2 rings (SSSR count). The van der Waals surface area contributed by atoms with Crippen molar-refractivity contribution in [3.8, 4) is 0 Å². The molecule has 1 fully saturated rings. The largest absolute Gasteiger partial charge is 0.379 e. The quantitative estimate of drug-likeness (QED) is 0.841. The Bertz CT molecular complexity index is 452. The first-order valence-electron chi connectivity index (χ1n) is 7.07. The number of carbonyl (C=O) groups excluding carboxylic acids is 1. The van der Waals surface area contributed by atoms with E-state index in [1.807, 2.05) is 12.1 Å². The Morgan fingerprint density at radius 2 is 1.86 bits per heavy atom. The highest BCUT2D eigenvalue weighted by molar-refractivity contribution is 5.85. The van der Waals surface area contributed by atoms with Gasteiger partial charge in [-0.05, 0) is 18.1 Å². The summed E-state index contributed by atoms with van der Waals surface area (Å²) in [6, 6.07) is 7.73. The molecule has 126 valence electrons. The minimum atomic E-state index is -0.471. The molecule has 0 aromatic heterocycles. The fourth-order valence-corrected chi connectivity index (χ4v) is 2.23. The molecule has 1 heterocycles. The third-order valence-corrected chi connectivity index (χ3v) is 3.48. The molecule has 1 aromatic rings. The lowest BCUT2D eigenvalue weighted by Crippen LogP contribution is -2.38. The van der Waals surface area contributed by atoms with Gasteiger partial charge in [0, 0.05) is 26.2 Å². The molecular weight excluding hydrogens is 325 g/mol. The van der Waals surface area contributed by atoms with E-state index in [1.165, 1.54) is 5.56 Å². The number of benzene rings is 1. The summed E-state index contributed by atoms with van der Waals surface area (Å²) in [6.07, 6.45) is 0. The minimum Gasteiger partial charge on any atom is -0.379 e. The van der Waals surface area contributed by atoms with Gasteiger partial charge in [-0.25, -0.2) is 0 Å². The molecule has 1 aliphatic rings. The average Bonchev–Trinajstić information content (AvgIpc) is 2.47. The van der Waals surface area contributed by atoms with Crippen LogP contribution in [-0.4, -0.2) is 43.2 Å². The second kappa shape index (κ2) is 10.8. The van der Waals surface area contributed by atoms with Crippen molar-refractivity contribution >= 4 is 30.7 Å². The minimum absolute atomic E-state index is 0. The van der Waals surface area contributed by atoms with Gasteiger partial charge in [0.25, 0.3) is 0 Å². The monoisotopic (exact) mass is 349 g/mol. The lowest BCUT2D eigenvalue weighted by atomic mass is 10.1. The molecule has 1 amide bonds. The van der Waals surface area contributed by atoms with Gasteiger partial charge in [0.1, 0.15) is 0 Å². The van der Waals surface area contributed by atoms with Crippen molar-refractivity contribution in [2.24, 2.45) is 5.73 Å². The SMILES string of the molecule is C[C@@H](N)C(=O)NCc1ccccc1CN1CCOCC1.Cl.Cl. The van der Waals surface area contributed by atoms with Gasteiger partial charge in [-0.3, -0.25) is 9.69 Å². The summed E-state index contributed by atoms with van der Waals surface area (Å²) in [5.74, 6) is -0.119. The number of amides is 1. The standard InChI is InChI=1S/C15H23N3O2.2ClH/c1-12(16)15(19)17-10-13-4-2-3-5-14(13)11-18-6-8-20-9-7-18;;/h2-5,12H,6-11,16H2,1H3,(H,17,19);2*1H/t12-;;/m1../s1. The molecule has 1 saturated heterocycles. The van der Waals surface area contributed by atoms with Crippen molar-refractivity contribution < 1.29 is 9.53 Å². The third kappa shape index (κ3) is 6.50. The molecule has 22 heavy (non-hydrogen) atoms. The van der Waals surface area contributed by atoms with Gasteiger partial charge in [0.05, 0.1) is 19.3 Å². The summed E-state index contributed by atoms with van der Waals surface area (Å²) < 4.78 is 5.36. The number of nitrogens with one attached hydrogen (secondary N) is 1. The Hall–Kier alpha value is -0.850. The molecular formula is C15H25Cl2N3O2. The van der Waals surface area contributed by atoms with Crippen LogP contribution in [0.1, 0.15) is 18.1 Å². The van der Waals surface area contributed by atoms with E-state index in [4.69, 9.17) is 10.5 Å². The van der Waals surface area contributed by atoms with Crippen LogP contribution < -0.4 is 11.1 Å². The highest BCUT2D eigenvalue weighted by Gasteiger charge is 2.13. The van der Waals surface area contributed by atoms with E-state index in [-0.39, 0.29) is 30.7 Å². The van der Waals surface area contributed by atoms with Crippen molar-refractivity contribution in [3.05, 3.63) is 35.4 Å². The van der Waals surface area contributed by atoms with Crippen LogP contribution in [-0.2, 0) is 22.6 Å². The van der Waals surface area contributed by atoms with Gasteiger partial charge in [-0.2, -0.15) is 0 Å². The van der Waals surface area contributed by atoms with Crippen LogP contribution in [0, 0.1) is 0 Å². The van der Waals surface area contributed by atoms with Crippen molar-refractivity contribution in [2.75, 3.05) is 26.3 Å². The van der Waals surface area contributed by atoms with Crippen LogP contribution in [0.2, 0.25) is 0 Å². The summed E-state index contributed by atoms with van der Waals surface area (Å²) >= 11 is 0.